The first kappa shape index (κ1) is 4.98. The molecule has 1 nitrogen and oxygen atoms in total. The molecule has 0 spiro atoms. The summed E-state index contributed by atoms with van der Waals surface area (Å²) in [6, 6.07) is 0. The SMILES string of the molecule is C[O][Sn]=[S]. The van der Waals surface area contributed by atoms with E-state index >= 15 is 0 Å². The van der Waals surface area contributed by atoms with Crippen molar-refractivity contribution < 1.29 is 3.07 Å². The van der Waals surface area contributed by atoms with Crippen LogP contribution in [0, 0.1) is 0 Å². The van der Waals surface area contributed by atoms with Crippen LogP contribution in [-0.2, 0) is 3.07 Å². The summed E-state index contributed by atoms with van der Waals surface area (Å²) in [5.74, 6) is 0. The Labute approximate surface area is 39.3 Å². The Morgan fingerprint density at radius 1 is 2.00 bits per heavy atom. The molecule has 1 radical (unpaired) electrons. The molecule has 0 fully saturated rings. The standard InChI is InChI=1S/CH3O.S.Sn/c1-2;;/h1H3;;/q-1;;+1. The molecule has 0 saturated carbocycles. The van der Waals surface area contributed by atoms with Gasteiger partial charge in [0.05, 0.1) is 0 Å². The van der Waals surface area contributed by atoms with E-state index in [1.165, 1.54) is 0 Å². The molecule has 0 aliphatic rings. The van der Waals surface area contributed by atoms with E-state index in [4.69, 9.17) is 0 Å². The van der Waals surface area contributed by atoms with E-state index in [-0.39, 0.29) is 0 Å². The van der Waals surface area contributed by atoms with Gasteiger partial charge in [0.25, 0.3) is 0 Å². The van der Waals surface area contributed by atoms with Crippen LogP contribution in [0.2, 0.25) is 0 Å². The van der Waals surface area contributed by atoms with E-state index < -0.39 is 19.6 Å². The van der Waals surface area contributed by atoms with Crippen LogP contribution < -0.4 is 0 Å². The van der Waals surface area contributed by atoms with E-state index in [9.17, 15) is 0 Å². The third-order valence-corrected chi connectivity index (χ3v) is 1.68. The van der Waals surface area contributed by atoms with Crippen LogP contribution in [0.25, 0.3) is 0 Å². The van der Waals surface area contributed by atoms with Gasteiger partial charge in [0, 0.05) is 0 Å². The second-order valence-electron chi connectivity index (χ2n) is 0.287. The van der Waals surface area contributed by atoms with Crippen molar-refractivity contribution >= 4 is 28.9 Å². The fourth-order valence-electron chi connectivity index (χ4n) is 0. The van der Waals surface area contributed by atoms with Crippen molar-refractivity contribution in [2.45, 2.75) is 0 Å². The van der Waals surface area contributed by atoms with Crippen molar-refractivity contribution in [2.24, 2.45) is 0 Å². The Kier molecular flexibility index (Phi) is 4.95. The Balaban J connectivity index is 2.30. The zero-order valence-electron chi connectivity index (χ0n) is 2.32. The van der Waals surface area contributed by atoms with Gasteiger partial charge in [0.2, 0.25) is 0 Å². The zero-order valence-corrected chi connectivity index (χ0v) is 5.99. The molecule has 0 aromatic heterocycles. The Morgan fingerprint density at radius 3 is 2.25 bits per heavy atom. The Bertz CT molecular complexity index is 22.0. The minimum absolute atomic E-state index is 0.693. The van der Waals surface area contributed by atoms with E-state index in [1.807, 2.05) is 0 Å². The quantitative estimate of drug-likeness (QED) is 0.541. The summed E-state index contributed by atoms with van der Waals surface area (Å²) in [5, 5.41) is 0. The predicted octanol–water partition coefficient (Wildman–Crippen LogP) is 0.364. The van der Waals surface area contributed by atoms with Crippen molar-refractivity contribution in [2.75, 3.05) is 7.11 Å². The fraction of sp³-hybridized carbons (Fsp3) is 1.00. The molecule has 0 aromatic rings. The molecule has 0 unspecified atom stereocenters. The van der Waals surface area contributed by atoms with Gasteiger partial charge in [-0.05, 0) is 0 Å². The van der Waals surface area contributed by atoms with Crippen LogP contribution in [-0.4, -0.2) is 26.7 Å². The summed E-state index contributed by atoms with van der Waals surface area (Å²) < 4.78 is 4.53. The molecule has 0 heterocycles. The molecule has 0 N–H and O–H groups in total. The molecule has 0 aliphatic heterocycles. The topological polar surface area (TPSA) is 9.23 Å². The van der Waals surface area contributed by atoms with Gasteiger partial charge in [0.15, 0.2) is 0 Å². The first-order chi connectivity index (χ1) is 1.91. The van der Waals surface area contributed by atoms with Gasteiger partial charge in [-0.2, -0.15) is 0 Å². The van der Waals surface area contributed by atoms with E-state index in [2.05, 4.69) is 12.4 Å². The maximum absolute atomic E-state index is 4.53. The fourth-order valence-corrected chi connectivity index (χ4v) is 0. The van der Waals surface area contributed by atoms with E-state index in [0.29, 0.717) is 0 Å². The normalized spacial score (nSPS) is 6.25. The monoisotopic (exact) mass is 183 g/mol. The van der Waals surface area contributed by atoms with Crippen molar-refractivity contribution in [3.8, 4) is 0 Å². The van der Waals surface area contributed by atoms with E-state index in [0.717, 1.165) is 0 Å². The Hall–Kier alpha value is 0.979. The molecule has 3 heteroatoms. The Morgan fingerprint density at radius 2 is 2.25 bits per heavy atom. The van der Waals surface area contributed by atoms with Gasteiger partial charge in [-0.15, -0.1) is 0 Å². The third kappa shape index (κ3) is 2.98. The molecule has 23 valence electrons. The van der Waals surface area contributed by atoms with Crippen LogP contribution in [0.3, 0.4) is 0 Å². The second kappa shape index (κ2) is 3.98. The van der Waals surface area contributed by atoms with Crippen molar-refractivity contribution in [1.29, 1.82) is 0 Å². The first-order valence-electron chi connectivity index (χ1n) is 0.816. The number of rotatable bonds is 1. The van der Waals surface area contributed by atoms with Gasteiger partial charge in [0.1, 0.15) is 0 Å². The summed E-state index contributed by atoms with van der Waals surface area (Å²) in [6.45, 7) is 0. The van der Waals surface area contributed by atoms with E-state index in [1.54, 1.807) is 7.11 Å². The van der Waals surface area contributed by atoms with Gasteiger partial charge >= 0.3 is 39.1 Å². The molecule has 0 aromatic carbocycles. The first-order valence-corrected chi connectivity index (χ1v) is 5.89. The number of hydrogen-bond donors (Lipinski definition) is 0. The molecule has 0 bridgehead atoms. The number of hydrogen-bond acceptors (Lipinski definition) is 2. The van der Waals surface area contributed by atoms with Crippen molar-refractivity contribution in [3.63, 3.8) is 0 Å². The van der Waals surface area contributed by atoms with Crippen LogP contribution in [0.4, 0.5) is 0 Å². The average Bonchev–Trinajstić information content (AvgIpc) is 1.37. The summed E-state index contributed by atoms with van der Waals surface area (Å²) in [6.07, 6.45) is 0. The van der Waals surface area contributed by atoms with Crippen LogP contribution in [0.15, 0.2) is 0 Å². The molecule has 0 rings (SSSR count). The van der Waals surface area contributed by atoms with Crippen molar-refractivity contribution in [3.05, 3.63) is 0 Å². The third-order valence-electron chi connectivity index (χ3n) is 0.0833. The molecule has 0 amide bonds. The van der Waals surface area contributed by atoms with Gasteiger partial charge in [-0.1, -0.05) is 0 Å². The van der Waals surface area contributed by atoms with Crippen LogP contribution in [0.5, 0.6) is 0 Å². The zero-order chi connectivity index (χ0) is 3.41. The second-order valence-corrected chi connectivity index (χ2v) is 3.05. The predicted molar refractivity (Wildman–Crippen MR) is 20.4 cm³/mol. The summed E-state index contributed by atoms with van der Waals surface area (Å²) >= 11 is -0.693. The molecule has 4 heavy (non-hydrogen) atoms. The van der Waals surface area contributed by atoms with Crippen molar-refractivity contribution in [1.82, 2.24) is 0 Å². The summed E-state index contributed by atoms with van der Waals surface area (Å²) in [7, 11) is 6.15. The van der Waals surface area contributed by atoms with Crippen LogP contribution in [0.1, 0.15) is 0 Å². The maximum atomic E-state index is 4.53. The molecule has 0 aliphatic carbocycles. The molecule has 0 saturated heterocycles. The van der Waals surface area contributed by atoms with Crippen LogP contribution >= 0.6 is 9.29 Å². The molecular formula is CH3OSSn. The summed E-state index contributed by atoms with van der Waals surface area (Å²) in [4.78, 5) is 0. The minimum atomic E-state index is -0.693. The molecular weight excluding hydrogens is 179 g/mol. The van der Waals surface area contributed by atoms with Gasteiger partial charge < -0.3 is 0 Å². The van der Waals surface area contributed by atoms with Gasteiger partial charge in [-0.3, -0.25) is 0 Å². The summed E-state index contributed by atoms with van der Waals surface area (Å²) in [5.41, 5.74) is 0. The van der Waals surface area contributed by atoms with Gasteiger partial charge in [-0.25, -0.2) is 0 Å². The molecule has 0 atom stereocenters. The average molecular weight is 182 g/mol.